The molecule has 7 nitrogen and oxygen atoms in total. The molecule has 0 saturated heterocycles. The fraction of sp³-hybridized carbons (Fsp3) is 0.500. The zero-order valence-corrected chi connectivity index (χ0v) is 9.67. The van der Waals surface area contributed by atoms with Crippen LogP contribution in [0.15, 0.2) is 10.9 Å². The van der Waals surface area contributed by atoms with Crippen molar-refractivity contribution in [2.75, 3.05) is 17.6 Å². The van der Waals surface area contributed by atoms with Crippen LogP contribution in [0.3, 0.4) is 0 Å². The summed E-state index contributed by atoms with van der Waals surface area (Å²) in [4.78, 5) is 17.6. The Bertz CT molecular complexity index is 508. The van der Waals surface area contributed by atoms with Gasteiger partial charge in [0.05, 0.1) is 5.75 Å². The van der Waals surface area contributed by atoms with Gasteiger partial charge in [-0.2, -0.15) is 0 Å². The summed E-state index contributed by atoms with van der Waals surface area (Å²) < 4.78 is 21.3. The number of hydrogen-bond acceptors (Lipinski definition) is 5. The Morgan fingerprint density at radius 1 is 1.56 bits per heavy atom. The monoisotopic (exact) mass is 246 g/mol. The van der Waals surface area contributed by atoms with Crippen LogP contribution in [0, 0.1) is 6.92 Å². The lowest BCUT2D eigenvalue weighted by molar-refractivity contribution is 0.595. The predicted octanol–water partition coefficient (Wildman–Crippen LogP) is -0.831. The van der Waals surface area contributed by atoms with Crippen molar-refractivity contribution >= 4 is 15.8 Å². The van der Waals surface area contributed by atoms with Crippen molar-refractivity contribution < 1.29 is 8.42 Å². The molecular formula is C8H14N4O3S. The van der Waals surface area contributed by atoms with Gasteiger partial charge in [0.1, 0.15) is 11.6 Å². The number of nitrogens with two attached hydrogens (primary N) is 1. The Hall–Kier alpha value is -1.41. The molecule has 1 aromatic heterocycles. The molecule has 0 aromatic carbocycles. The minimum Gasteiger partial charge on any atom is -0.370 e. The predicted molar refractivity (Wildman–Crippen MR) is 60.7 cm³/mol. The molecule has 1 rings (SSSR count). The van der Waals surface area contributed by atoms with Gasteiger partial charge < -0.3 is 10.3 Å². The second kappa shape index (κ2) is 5.08. The number of hydrogen-bond donors (Lipinski definition) is 3. The highest BCUT2D eigenvalue weighted by molar-refractivity contribution is 7.89. The van der Waals surface area contributed by atoms with Crippen molar-refractivity contribution in [3.63, 3.8) is 0 Å². The van der Waals surface area contributed by atoms with Gasteiger partial charge in [-0.05, 0) is 13.3 Å². The summed E-state index contributed by atoms with van der Waals surface area (Å²) in [7, 11) is -3.42. The Morgan fingerprint density at radius 3 is 2.81 bits per heavy atom. The van der Waals surface area contributed by atoms with Gasteiger partial charge in [-0.25, -0.2) is 18.5 Å². The lowest BCUT2D eigenvalue weighted by atomic mass is 10.4. The van der Waals surface area contributed by atoms with Crippen molar-refractivity contribution in [1.29, 1.82) is 0 Å². The summed E-state index contributed by atoms with van der Waals surface area (Å²) in [6.45, 7) is 2.06. The molecule has 0 saturated carbocycles. The van der Waals surface area contributed by atoms with E-state index < -0.39 is 10.0 Å². The highest BCUT2D eigenvalue weighted by Gasteiger charge is 2.02. The third-order valence-electron chi connectivity index (χ3n) is 1.77. The number of aromatic nitrogens is 2. The highest BCUT2D eigenvalue weighted by atomic mass is 32.2. The molecule has 0 amide bonds. The van der Waals surface area contributed by atoms with Gasteiger partial charge >= 0.3 is 0 Å². The maximum Gasteiger partial charge on any atom is 0.252 e. The quantitative estimate of drug-likeness (QED) is 0.586. The first-order valence-electron chi connectivity index (χ1n) is 4.69. The molecule has 1 aromatic rings. The molecule has 0 unspecified atom stereocenters. The standard InChI is InChI=1S/C8H14N4O3S/c1-6-11-7(5-8(13)12-6)10-3-2-4-16(9,14)15/h5H,2-4H2,1H3,(H2,9,14,15)(H2,10,11,12,13). The van der Waals surface area contributed by atoms with Gasteiger partial charge in [-0.3, -0.25) is 4.79 Å². The minimum atomic E-state index is -3.42. The van der Waals surface area contributed by atoms with Crippen LogP contribution in [-0.2, 0) is 10.0 Å². The van der Waals surface area contributed by atoms with Crippen molar-refractivity contribution in [2.24, 2.45) is 5.14 Å². The molecule has 0 atom stereocenters. The van der Waals surface area contributed by atoms with E-state index in [1.165, 1.54) is 6.07 Å². The fourth-order valence-electron chi connectivity index (χ4n) is 1.16. The summed E-state index contributed by atoms with van der Waals surface area (Å²) in [5.74, 6) is 0.833. The van der Waals surface area contributed by atoms with Crippen molar-refractivity contribution in [3.8, 4) is 0 Å². The number of sulfonamides is 1. The normalized spacial score (nSPS) is 11.4. The minimum absolute atomic E-state index is 0.0951. The number of H-pyrrole nitrogens is 1. The van der Waals surface area contributed by atoms with Crippen molar-refractivity contribution in [3.05, 3.63) is 22.2 Å². The average molecular weight is 246 g/mol. The largest absolute Gasteiger partial charge is 0.370 e. The van der Waals surface area contributed by atoms with Crippen LogP contribution in [0.1, 0.15) is 12.2 Å². The lowest BCUT2D eigenvalue weighted by Gasteiger charge is -2.04. The maximum atomic E-state index is 11.1. The first kappa shape index (κ1) is 12.7. The Kier molecular flexibility index (Phi) is 4.02. The summed E-state index contributed by atoms with van der Waals surface area (Å²) >= 11 is 0. The Balaban J connectivity index is 2.46. The summed E-state index contributed by atoms with van der Waals surface area (Å²) in [5, 5.41) is 7.68. The SMILES string of the molecule is Cc1nc(NCCCS(N)(=O)=O)cc(=O)[nH]1. The zero-order valence-electron chi connectivity index (χ0n) is 8.86. The Morgan fingerprint density at radius 2 is 2.25 bits per heavy atom. The van der Waals surface area contributed by atoms with Crippen LogP contribution in [0.4, 0.5) is 5.82 Å². The number of rotatable bonds is 5. The van der Waals surface area contributed by atoms with Gasteiger partial charge in [0, 0.05) is 12.6 Å². The molecule has 0 spiro atoms. The third kappa shape index (κ3) is 4.89. The molecule has 4 N–H and O–H groups in total. The van der Waals surface area contributed by atoms with E-state index >= 15 is 0 Å². The fourth-order valence-corrected chi connectivity index (χ4v) is 1.71. The van der Waals surface area contributed by atoms with E-state index in [9.17, 15) is 13.2 Å². The summed E-state index contributed by atoms with van der Waals surface area (Å²) in [6.07, 6.45) is 0.367. The molecular weight excluding hydrogens is 232 g/mol. The topological polar surface area (TPSA) is 118 Å². The Labute approximate surface area is 93.1 Å². The smallest absolute Gasteiger partial charge is 0.252 e. The van der Waals surface area contributed by atoms with E-state index in [4.69, 9.17) is 5.14 Å². The van der Waals surface area contributed by atoms with Crippen LogP contribution >= 0.6 is 0 Å². The molecule has 0 fully saturated rings. The zero-order chi connectivity index (χ0) is 12.2. The van der Waals surface area contributed by atoms with Gasteiger partial charge in [-0.1, -0.05) is 0 Å². The van der Waals surface area contributed by atoms with E-state index in [2.05, 4.69) is 15.3 Å². The second-order valence-corrected chi connectivity index (χ2v) is 5.10. The van der Waals surface area contributed by atoms with Gasteiger partial charge in [0.15, 0.2) is 0 Å². The number of aryl methyl sites for hydroxylation is 1. The maximum absolute atomic E-state index is 11.1. The molecule has 0 bridgehead atoms. The first-order valence-corrected chi connectivity index (χ1v) is 6.41. The lowest BCUT2D eigenvalue weighted by Crippen LogP contribution is -2.19. The van der Waals surface area contributed by atoms with Crippen LogP contribution in [0.25, 0.3) is 0 Å². The highest BCUT2D eigenvalue weighted by Crippen LogP contribution is 1.98. The molecule has 8 heteroatoms. The van der Waals surface area contributed by atoms with Crippen LogP contribution < -0.4 is 16.0 Å². The molecule has 0 aliphatic carbocycles. The van der Waals surface area contributed by atoms with Crippen LogP contribution in [0.5, 0.6) is 0 Å². The molecule has 1 heterocycles. The van der Waals surface area contributed by atoms with E-state index in [0.29, 0.717) is 24.6 Å². The van der Waals surface area contributed by atoms with Crippen molar-refractivity contribution in [2.45, 2.75) is 13.3 Å². The van der Waals surface area contributed by atoms with Crippen LogP contribution in [-0.4, -0.2) is 30.7 Å². The van der Waals surface area contributed by atoms with E-state index in [0.717, 1.165) is 0 Å². The molecule has 0 aliphatic heterocycles. The second-order valence-electron chi connectivity index (χ2n) is 3.36. The van der Waals surface area contributed by atoms with E-state index in [1.54, 1.807) is 6.92 Å². The van der Waals surface area contributed by atoms with Crippen molar-refractivity contribution in [1.82, 2.24) is 9.97 Å². The molecule has 0 aliphatic rings. The van der Waals surface area contributed by atoms with Gasteiger partial charge in [0.2, 0.25) is 10.0 Å². The molecule has 16 heavy (non-hydrogen) atoms. The molecule has 0 radical (unpaired) electrons. The number of nitrogens with one attached hydrogen (secondary N) is 2. The van der Waals surface area contributed by atoms with Gasteiger partial charge in [0.25, 0.3) is 5.56 Å². The number of nitrogens with zero attached hydrogens (tertiary/aromatic N) is 1. The average Bonchev–Trinajstić information content (AvgIpc) is 2.09. The third-order valence-corrected chi connectivity index (χ3v) is 2.63. The molecule has 90 valence electrons. The summed E-state index contributed by atoms with van der Waals surface area (Å²) in [5.41, 5.74) is -0.249. The number of aromatic amines is 1. The van der Waals surface area contributed by atoms with Crippen LogP contribution in [0.2, 0.25) is 0 Å². The van der Waals surface area contributed by atoms with E-state index in [-0.39, 0.29) is 11.3 Å². The number of primary sulfonamides is 1. The number of anilines is 1. The summed E-state index contributed by atoms with van der Waals surface area (Å²) in [6, 6.07) is 1.31. The first-order chi connectivity index (χ1) is 7.37. The van der Waals surface area contributed by atoms with E-state index in [1.807, 2.05) is 0 Å². The van der Waals surface area contributed by atoms with Gasteiger partial charge in [-0.15, -0.1) is 0 Å².